The van der Waals surface area contributed by atoms with Crippen LogP contribution in [0.5, 0.6) is 5.75 Å². The van der Waals surface area contributed by atoms with Gasteiger partial charge in [-0.15, -0.1) is 0 Å². The van der Waals surface area contributed by atoms with E-state index < -0.39 is 133 Å². The number of thioether (sulfide) groups is 1. The second-order valence-corrected chi connectivity index (χ2v) is 18.6. The van der Waals surface area contributed by atoms with Crippen LogP contribution < -0.4 is 59.2 Å². The molecule has 1 aromatic rings. The average molecular weight is 989 g/mol. The summed E-state index contributed by atoms with van der Waals surface area (Å²) < 4.78 is 14.6. The average Bonchev–Trinajstić information content (AvgIpc) is 3.71. The van der Waals surface area contributed by atoms with E-state index in [1.54, 1.807) is 52.0 Å². The highest BCUT2D eigenvalue weighted by Gasteiger charge is 2.40. The van der Waals surface area contributed by atoms with Crippen molar-refractivity contribution in [3.8, 4) is 5.75 Å². The van der Waals surface area contributed by atoms with Gasteiger partial charge in [0, 0.05) is 31.6 Å². The number of carbonyl (C=O) groups excluding carboxylic acids is 11. The van der Waals surface area contributed by atoms with Gasteiger partial charge in [-0.05, 0) is 67.4 Å². The summed E-state index contributed by atoms with van der Waals surface area (Å²) in [4.78, 5) is 148. The maximum Gasteiger partial charge on any atom is 0.246 e. The van der Waals surface area contributed by atoms with Gasteiger partial charge >= 0.3 is 0 Å². The van der Waals surface area contributed by atoms with E-state index in [0.29, 0.717) is 17.7 Å². The maximum absolute atomic E-state index is 14.6. The second kappa shape index (κ2) is 28.1. The van der Waals surface area contributed by atoms with Crippen molar-refractivity contribution in [2.45, 2.75) is 134 Å². The van der Waals surface area contributed by atoms with Crippen molar-refractivity contribution < 1.29 is 58.8 Å². The van der Waals surface area contributed by atoms with E-state index in [0.717, 1.165) is 16.7 Å². The lowest BCUT2D eigenvalue weighted by Gasteiger charge is -2.31. The van der Waals surface area contributed by atoms with Gasteiger partial charge in [0.1, 0.15) is 48.0 Å². The van der Waals surface area contributed by atoms with Crippen molar-refractivity contribution in [2.75, 3.05) is 31.7 Å². The number of nitrogens with zero attached hydrogens (tertiary/aromatic N) is 1. The van der Waals surface area contributed by atoms with Gasteiger partial charge in [-0.2, -0.15) is 11.8 Å². The first kappa shape index (κ1) is 55.1. The molecule has 2 heterocycles. The molecule has 23 nitrogen and oxygen atoms in total. The number of amides is 11. The summed E-state index contributed by atoms with van der Waals surface area (Å²) in [6, 6.07) is -4.06. The fourth-order valence-electron chi connectivity index (χ4n) is 7.50. The van der Waals surface area contributed by atoms with Gasteiger partial charge in [-0.3, -0.25) is 52.7 Å². The Morgan fingerprint density at radius 1 is 0.841 bits per heavy atom. The van der Waals surface area contributed by atoms with E-state index in [-0.39, 0.29) is 68.9 Å². The molecule has 0 bridgehead atoms. The van der Waals surface area contributed by atoms with Gasteiger partial charge in [-0.25, -0.2) is 0 Å². The van der Waals surface area contributed by atoms with Crippen molar-refractivity contribution in [3.05, 3.63) is 29.8 Å². The highest BCUT2D eigenvalue weighted by atomic mass is 32.2. The minimum Gasteiger partial charge on any atom is -0.497 e. The number of ether oxygens (including phenoxy) is 1. The Morgan fingerprint density at radius 3 is 2.10 bits per heavy atom. The van der Waals surface area contributed by atoms with Crippen molar-refractivity contribution in [1.82, 2.24) is 42.1 Å². The van der Waals surface area contributed by atoms with Crippen LogP contribution in [0, 0.1) is 11.8 Å². The summed E-state index contributed by atoms with van der Waals surface area (Å²) in [7, 11) is 1.49. The fourth-order valence-corrected chi connectivity index (χ4v) is 8.47. The van der Waals surface area contributed by atoms with Gasteiger partial charge < -0.3 is 64.1 Å². The highest BCUT2D eigenvalue weighted by Crippen LogP contribution is 2.22. The number of hydrogen-bond donors (Lipinski definition) is 10. The minimum atomic E-state index is -2.29. The molecular formula is C45H69N11O12S. The zero-order valence-electron chi connectivity index (χ0n) is 40.8. The smallest absolute Gasteiger partial charge is 0.246 e. The monoisotopic (exact) mass is 988 g/mol. The highest BCUT2D eigenvalue weighted by molar-refractivity contribution is 7.99. The summed E-state index contributed by atoms with van der Waals surface area (Å²) >= 11 is 1.12. The number of carbonyl (C=O) groups is 11. The second-order valence-electron chi connectivity index (χ2n) is 17.5. The predicted molar refractivity (Wildman–Crippen MR) is 253 cm³/mol. The van der Waals surface area contributed by atoms with Gasteiger partial charge in [0.25, 0.3) is 0 Å². The Balaban J connectivity index is 2.05. The molecule has 11 amide bonds. The SMILES string of the molecule is [2H][C@]1(C(=O)NC(CC(C)C)C(=O)NCC(N)=O)CCCN1C(=O)C1CSCCCC(=O)NC(Cc2ccc(OC)cc2)C(=O)NC(C(C)CC)C(=O)NC(CCC(N)=O)C(=O)NC(CC(N)=O)C(=O)N1. The van der Waals surface area contributed by atoms with Gasteiger partial charge in [0.2, 0.25) is 65.0 Å². The van der Waals surface area contributed by atoms with Gasteiger partial charge in [-0.1, -0.05) is 46.2 Å². The van der Waals surface area contributed by atoms with Crippen LogP contribution in [-0.4, -0.2) is 144 Å². The number of likely N-dealkylation sites (tertiary alicyclic amines) is 1. The van der Waals surface area contributed by atoms with Crippen LogP contribution in [0.2, 0.25) is 0 Å². The van der Waals surface area contributed by atoms with Crippen LogP contribution in [0.4, 0.5) is 0 Å². The summed E-state index contributed by atoms with van der Waals surface area (Å²) in [5, 5.41) is 17.9. The Bertz CT molecular complexity index is 2080. The number of nitrogens with one attached hydrogen (secondary N) is 7. The number of benzene rings is 1. The van der Waals surface area contributed by atoms with E-state index in [1.807, 2.05) is 0 Å². The Hall–Kier alpha value is -6.46. The fraction of sp³-hybridized carbons (Fsp3) is 0.622. The standard InChI is InChI=1S/C45H69N11O12S/c1-6-25(4)38-44(66)51-28(15-16-34(46)57)40(62)52-31(21-35(47)58)41(63)54-32(23-69-18-8-10-37(60)50-30(42(64)55-38)20-26-11-13-27(68-5)14-12-26)45(67)56-17-7-9-33(56)43(65)53-29(19-24(2)3)39(61)49-22-36(48)59/h11-14,24-25,28-33,38H,6-10,15-23H2,1-5H3,(H2,46,57)(H2,47,58)(H2,48,59)(H,49,61)(H,50,60)(H,51,66)(H,52,62)(H,53,65)(H,54,63)(H,55,64)/t25?,28?,29?,30?,31?,32?,33-,38?/m1/s1/i33D. The predicted octanol–water partition coefficient (Wildman–Crippen LogP) is -2.50. The van der Waals surface area contributed by atoms with Crippen LogP contribution >= 0.6 is 11.8 Å². The lowest BCUT2D eigenvalue weighted by molar-refractivity contribution is -0.142. The molecule has 2 aliphatic rings. The topological polar surface area (TPSA) is 363 Å². The molecule has 0 spiro atoms. The largest absolute Gasteiger partial charge is 0.497 e. The zero-order chi connectivity index (χ0) is 52.3. The van der Waals surface area contributed by atoms with Gasteiger partial charge in [0.05, 0.1) is 21.4 Å². The molecule has 69 heavy (non-hydrogen) atoms. The van der Waals surface area contributed by atoms with E-state index in [2.05, 4.69) is 37.2 Å². The lowest BCUT2D eigenvalue weighted by Crippen LogP contribution is -2.61. The molecular weight excluding hydrogens is 919 g/mol. The molecule has 13 N–H and O–H groups in total. The molecule has 2 saturated heterocycles. The molecule has 382 valence electrons. The molecule has 8 atom stereocenters. The summed E-state index contributed by atoms with van der Waals surface area (Å²) in [5.41, 5.74) is 16.8. The summed E-state index contributed by atoms with van der Waals surface area (Å²) in [6.45, 7) is 6.38. The number of rotatable bonds is 18. The van der Waals surface area contributed by atoms with Crippen molar-refractivity contribution in [1.29, 1.82) is 0 Å². The lowest BCUT2D eigenvalue weighted by atomic mass is 9.96. The van der Waals surface area contributed by atoms with Crippen LogP contribution in [0.3, 0.4) is 0 Å². The Labute approximate surface area is 407 Å². The quantitative estimate of drug-likeness (QED) is 0.0728. The molecule has 0 saturated carbocycles. The third-order valence-corrected chi connectivity index (χ3v) is 12.5. The van der Waals surface area contributed by atoms with E-state index >= 15 is 0 Å². The first-order valence-electron chi connectivity index (χ1n) is 23.5. The zero-order valence-corrected chi connectivity index (χ0v) is 40.6. The molecule has 0 aliphatic carbocycles. The molecule has 0 radical (unpaired) electrons. The van der Waals surface area contributed by atoms with Crippen molar-refractivity contribution in [3.63, 3.8) is 0 Å². The first-order valence-corrected chi connectivity index (χ1v) is 24.1. The van der Waals surface area contributed by atoms with Gasteiger partial charge in [0.15, 0.2) is 0 Å². The maximum atomic E-state index is 14.6. The third-order valence-electron chi connectivity index (χ3n) is 11.4. The van der Waals surface area contributed by atoms with E-state index in [1.165, 1.54) is 7.11 Å². The number of methoxy groups -OCH3 is 1. The Morgan fingerprint density at radius 2 is 1.49 bits per heavy atom. The molecule has 0 aromatic heterocycles. The summed E-state index contributed by atoms with van der Waals surface area (Å²) in [6.07, 6.45) is -1.04. The molecule has 24 heteroatoms. The van der Waals surface area contributed by atoms with Crippen LogP contribution in [-0.2, 0) is 59.2 Å². The molecule has 7 unspecified atom stereocenters. The number of primary amides is 3. The normalized spacial score (nSPS) is 24.4. The van der Waals surface area contributed by atoms with E-state index in [4.69, 9.17) is 21.9 Å². The molecule has 3 rings (SSSR count). The van der Waals surface area contributed by atoms with Crippen molar-refractivity contribution in [2.24, 2.45) is 29.0 Å². The number of nitrogens with two attached hydrogens (primary N) is 3. The molecule has 2 aliphatic heterocycles. The third kappa shape index (κ3) is 18.9. The molecule has 1 aromatic carbocycles. The first-order chi connectivity index (χ1) is 33.0. The Kier molecular flexibility index (Phi) is 22.5. The van der Waals surface area contributed by atoms with E-state index in [9.17, 15) is 54.1 Å². The molecule has 2 fully saturated rings. The van der Waals surface area contributed by atoms with Crippen LogP contribution in [0.25, 0.3) is 0 Å². The number of hydrogen-bond acceptors (Lipinski definition) is 13. The van der Waals surface area contributed by atoms with Crippen LogP contribution in [0.1, 0.15) is 92.4 Å². The van der Waals surface area contributed by atoms with Crippen molar-refractivity contribution >= 4 is 76.7 Å². The van der Waals surface area contributed by atoms with Crippen LogP contribution in [0.15, 0.2) is 24.3 Å². The summed E-state index contributed by atoms with van der Waals surface area (Å²) in [5.74, 6) is -9.73. The minimum absolute atomic E-state index is 0.00638.